The summed E-state index contributed by atoms with van der Waals surface area (Å²) in [5, 5.41) is 20.2. The van der Waals surface area contributed by atoms with Crippen molar-refractivity contribution >= 4 is 24.1 Å². The van der Waals surface area contributed by atoms with E-state index in [0.717, 1.165) is 0 Å². The molecule has 0 heterocycles. The van der Waals surface area contributed by atoms with E-state index in [4.69, 9.17) is 10.2 Å². The second-order valence-corrected chi connectivity index (χ2v) is 3.08. The molecule has 0 aromatic rings. The third kappa shape index (κ3) is 5.97. The van der Waals surface area contributed by atoms with Crippen LogP contribution in [0, 0.1) is 0 Å². The van der Waals surface area contributed by atoms with Crippen LogP contribution in [0.25, 0.3) is 0 Å². The van der Waals surface area contributed by atoms with Crippen LogP contribution in [0.2, 0.25) is 0 Å². The highest BCUT2D eigenvalue weighted by Gasteiger charge is 2.24. The van der Waals surface area contributed by atoms with E-state index in [9.17, 15) is 19.2 Å². The Kier molecular flexibility index (Phi) is 5.44. The number of esters is 2. The summed E-state index contributed by atoms with van der Waals surface area (Å²) in [7, 11) is 0. The van der Waals surface area contributed by atoms with Gasteiger partial charge in [0.2, 0.25) is 0 Å². The molecule has 9 heteroatoms. The lowest BCUT2D eigenvalue weighted by Crippen LogP contribution is -2.44. The number of rotatable bonds is 4. The van der Waals surface area contributed by atoms with Crippen molar-refractivity contribution in [1.82, 2.24) is 10.6 Å². The monoisotopic (exact) mass is 248 g/mol. The van der Waals surface area contributed by atoms with Crippen LogP contribution in [-0.2, 0) is 14.3 Å². The smallest absolute Gasteiger partial charge is 0.405 e. The number of amides is 2. The van der Waals surface area contributed by atoms with Crippen molar-refractivity contribution in [1.29, 1.82) is 0 Å². The Hall–Kier alpha value is -2.32. The molecule has 0 aliphatic rings. The van der Waals surface area contributed by atoms with Crippen LogP contribution in [0.1, 0.15) is 13.8 Å². The second kappa shape index (κ2) is 6.30. The van der Waals surface area contributed by atoms with Crippen LogP contribution < -0.4 is 10.6 Å². The van der Waals surface area contributed by atoms with Crippen molar-refractivity contribution in [3.05, 3.63) is 0 Å². The van der Waals surface area contributed by atoms with E-state index >= 15 is 0 Å². The molecule has 9 nitrogen and oxygen atoms in total. The highest BCUT2D eigenvalue weighted by molar-refractivity contribution is 5.92. The average Bonchev–Trinajstić information content (AvgIpc) is 2.15. The van der Waals surface area contributed by atoms with Gasteiger partial charge in [0.15, 0.2) is 0 Å². The normalized spacial score (nSPS) is 13.1. The quantitative estimate of drug-likeness (QED) is 0.383. The zero-order valence-corrected chi connectivity index (χ0v) is 9.09. The van der Waals surface area contributed by atoms with Gasteiger partial charge in [-0.25, -0.2) is 19.2 Å². The summed E-state index contributed by atoms with van der Waals surface area (Å²) in [5.74, 6) is -2.23. The fourth-order valence-corrected chi connectivity index (χ4v) is 0.764. The van der Waals surface area contributed by atoms with E-state index in [0.29, 0.717) is 0 Å². The molecule has 0 aromatic heterocycles. The van der Waals surface area contributed by atoms with E-state index in [1.54, 1.807) is 10.6 Å². The fourth-order valence-electron chi connectivity index (χ4n) is 0.764. The number of hydrogen-bond donors (Lipinski definition) is 4. The van der Waals surface area contributed by atoms with Gasteiger partial charge in [-0.15, -0.1) is 0 Å². The Bertz CT molecular complexity index is 309. The third-order valence-electron chi connectivity index (χ3n) is 1.59. The van der Waals surface area contributed by atoms with Crippen molar-refractivity contribution in [2.75, 3.05) is 0 Å². The lowest BCUT2D eigenvalue weighted by molar-refractivity contribution is -0.162. The fraction of sp³-hybridized carbons (Fsp3) is 0.500. The molecule has 0 spiro atoms. The average molecular weight is 248 g/mol. The summed E-state index contributed by atoms with van der Waals surface area (Å²) in [6, 6.07) is -2.46. The Morgan fingerprint density at radius 2 is 1.18 bits per heavy atom. The highest BCUT2D eigenvalue weighted by atomic mass is 16.6. The maximum absolute atomic E-state index is 11.1. The molecule has 0 radical (unpaired) electrons. The van der Waals surface area contributed by atoms with Gasteiger partial charge in [0.05, 0.1) is 0 Å². The molecule has 0 aliphatic heterocycles. The maximum atomic E-state index is 11.1. The number of carboxylic acid groups (broad SMARTS) is 2. The van der Waals surface area contributed by atoms with Gasteiger partial charge in [0, 0.05) is 0 Å². The molecule has 0 saturated heterocycles. The van der Waals surface area contributed by atoms with Gasteiger partial charge < -0.3 is 25.6 Å². The highest BCUT2D eigenvalue weighted by Crippen LogP contribution is 1.93. The predicted octanol–water partition coefficient (Wildman–Crippen LogP) is -0.632. The number of nitrogens with one attached hydrogen (secondary N) is 2. The zero-order valence-electron chi connectivity index (χ0n) is 9.09. The molecule has 2 amide bonds. The first-order valence-electron chi connectivity index (χ1n) is 4.48. The Morgan fingerprint density at radius 1 is 0.882 bits per heavy atom. The van der Waals surface area contributed by atoms with Crippen molar-refractivity contribution in [3.63, 3.8) is 0 Å². The Balaban J connectivity index is 4.24. The van der Waals surface area contributed by atoms with Crippen LogP contribution in [0.4, 0.5) is 9.59 Å². The standard InChI is InChI=1S/C8H12N2O7/c1-3(9-7(13)14)5(11)17-6(12)4(2)10-8(15)16/h3-4,9-10H,1-2H3,(H,13,14)(H,15,16). The van der Waals surface area contributed by atoms with Gasteiger partial charge in [-0.2, -0.15) is 0 Å². The second-order valence-electron chi connectivity index (χ2n) is 3.08. The minimum absolute atomic E-state index is 1.11. The van der Waals surface area contributed by atoms with Crippen LogP contribution in [-0.4, -0.2) is 46.4 Å². The van der Waals surface area contributed by atoms with Gasteiger partial charge >= 0.3 is 24.1 Å². The molecule has 0 fully saturated rings. The van der Waals surface area contributed by atoms with Crippen LogP contribution in [0.3, 0.4) is 0 Å². The largest absolute Gasteiger partial charge is 0.465 e. The van der Waals surface area contributed by atoms with Crippen molar-refractivity contribution in [2.24, 2.45) is 0 Å². The molecular weight excluding hydrogens is 236 g/mol. The predicted molar refractivity (Wildman–Crippen MR) is 52.3 cm³/mol. The summed E-state index contributed by atoms with van der Waals surface area (Å²) in [4.78, 5) is 42.6. The summed E-state index contributed by atoms with van der Waals surface area (Å²) in [6.45, 7) is 2.36. The minimum Gasteiger partial charge on any atom is -0.465 e. The molecule has 2 unspecified atom stereocenters. The number of carbonyl (C=O) groups excluding carboxylic acids is 2. The molecule has 96 valence electrons. The summed E-state index contributed by atoms with van der Waals surface area (Å²) in [6.07, 6.45) is -2.89. The lowest BCUT2D eigenvalue weighted by atomic mass is 10.3. The first-order valence-corrected chi connectivity index (χ1v) is 4.48. The van der Waals surface area contributed by atoms with E-state index < -0.39 is 36.2 Å². The Morgan fingerprint density at radius 3 is 1.41 bits per heavy atom. The van der Waals surface area contributed by atoms with E-state index in [1.165, 1.54) is 13.8 Å². The van der Waals surface area contributed by atoms with E-state index in [2.05, 4.69) is 4.74 Å². The number of carbonyl (C=O) groups is 4. The van der Waals surface area contributed by atoms with Crippen LogP contribution >= 0.6 is 0 Å². The molecule has 0 rings (SSSR count). The molecule has 17 heavy (non-hydrogen) atoms. The molecular formula is C8H12N2O7. The SMILES string of the molecule is CC(NC(=O)O)C(=O)OC(=O)C(C)NC(=O)O. The molecule has 2 atom stereocenters. The number of hydrogen-bond acceptors (Lipinski definition) is 5. The lowest BCUT2D eigenvalue weighted by Gasteiger charge is -2.13. The molecule has 0 saturated carbocycles. The van der Waals surface area contributed by atoms with Gasteiger partial charge in [-0.3, -0.25) is 0 Å². The third-order valence-corrected chi connectivity index (χ3v) is 1.59. The van der Waals surface area contributed by atoms with Gasteiger partial charge in [0.25, 0.3) is 0 Å². The van der Waals surface area contributed by atoms with E-state index in [-0.39, 0.29) is 0 Å². The molecule has 0 aliphatic carbocycles. The van der Waals surface area contributed by atoms with Crippen LogP contribution in [0.5, 0.6) is 0 Å². The molecule has 4 N–H and O–H groups in total. The topological polar surface area (TPSA) is 142 Å². The number of ether oxygens (including phenoxy) is 1. The summed E-state index contributed by atoms with van der Waals surface area (Å²) >= 11 is 0. The summed E-state index contributed by atoms with van der Waals surface area (Å²) in [5.41, 5.74) is 0. The van der Waals surface area contributed by atoms with Gasteiger partial charge in [-0.1, -0.05) is 0 Å². The zero-order chi connectivity index (χ0) is 13.6. The minimum atomic E-state index is -1.45. The van der Waals surface area contributed by atoms with Gasteiger partial charge in [-0.05, 0) is 13.8 Å². The molecule has 0 aromatic carbocycles. The first kappa shape index (κ1) is 14.7. The maximum Gasteiger partial charge on any atom is 0.405 e. The van der Waals surface area contributed by atoms with E-state index in [1.807, 2.05) is 0 Å². The summed E-state index contributed by atoms with van der Waals surface area (Å²) < 4.78 is 4.25. The van der Waals surface area contributed by atoms with Crippen molar-refractivity contribution in [3.8, 4) is 0 Å². The van der Waals surface area contributed by atoms with Crippen molar-refractivity contribution < 1.29 is 34.1 Å². The molecule has 0 bridgehead atoms. The van der Waals surface area contributed by atoms with Crippen molar-refractivity contribution in [2.45, 2.75) is 25.9 Å². The Labute approximate surface area is 95.7 Å². The van der Waals surface area contributed by atoms with Gasteiger partial charge in [0.1, 0.15) is 12.1 Å². The van der Waals surface area contributed by atoms with Crippen LogP contribution in [0.15, 0.2) is 0 Å². The first-order chi connectivity index (χ1) is 7.73.